The second-order valence-electron chi connectivity index (χ2n) is 3.38. The molecular weight excluding hydrogens is 266 g/mol. The van der Waals surface area contributed by atoms with Crippen molar-refractivity contribution in [3.63, 3.8) is 0 Å². The Bertz CT molecular complexity index is 233. The monoisotopic (exact) mass is 295 g/mol. The highest BCUT2D eigenvalue weighted by Crippen LogP contribution is 2.03. The third-order valence-electron chi connectivity index (χ3n) is 2.10. The number of carbonyl (C=O) groups excluding carboxylic acids is 2. The average Bonchev–Trinajstić information content (AvgIpc) is 2.54. The minimum atomic E-state index is -1.45. The molecule has 0 unspecified atom stereocenters. The van der Waals surface area contributed by atoms with Gasteiger partial charge in [-0.3, -0.25) is 9.59 Å². The molecule has 0 saturated heterocycles. The van der Waals surface area contributed by atoms with Crippen LogP contribution in [0.25, 0.3) is 0 Å². The van der Waals surface area contributed by atoms with Gasteiger partial charge in [0.05, 0.1) is 33.4 Å². The summed E-state index contributed by atoms with van der Waals surface area (Å²) >= 11 is 0. The first-order valence-electron chi connectivity index (χ1n) is 6.74. The van der Waals surface area contributed by atoms with Gasteiger partial charge < -0.3 is 25.4 Å². The van der Waals surface area contributed by atoms with E-state index in [0.717, 1.165) is 0 Å². The topological polar surface area (TPSA) is 116 Å². The maximum Gasteiger partial charge on any atom is 0.306 e. The molecule has 0 aromatic rings. The molecule has 7 nitrogen and oxygen atoms in total. The predicted octanol–water partition coefficient (Wildman–Crippen LogP) is -0.176. The lowest BCUT2D eigenvalue weighted by molar-refractivity contribution is -0.142. The quantitative estimate of drug-likeness (QED) is 0.484. The van der Waals surface area contributed by atoms with E-state index in [-0.39, 0.29) is 12.8 Å². The Hall–Kier alpha value is -1.18. The summed E-state index contributed by atoms with van der Waals surface area (Å²) in [5, 5.41) is 29.0. The summed E-state index contributed by atoms with van der Waals surface area (Å²) in [6.45, 7) is 6.22. The number of amides is 1. The molecule has 0 saturated carbocycles. The summed E-state index contributed by atoms with van der Waals surface area (Å²) in [7, 11) is 1.21. The van der Waals surface area contributed by atoms with Crippen molar-refractivity contribution in [2.45, 2.75) is 46.1 Å². The fourth-order valence-corrected chi connectivity index (χ4v) is 0.944. The van der Waals surface area contributed by atoms with Crippen molar-refractivity contribution in [1.29, 1.82) is 0 Å². The van der Waals surface area contributed by atoms with Gasteiger partial charge in [0.1, 0.15) is 5.54 Å². The Morgan fingerprint density at radius 3 is 1.65 bits per heavy atom. The molecule has 7 heteroatoms. The SMILES string of the molecule is CC.CC.COC(=O)CCC(=O)NC(CO)(CO)CO. The first-order chi connectivity index (χ1) is 9.53. The fraction of sp³-hybridized carbons (Fsp3) is 0.846. The van der Waals surface area contributed by atoms with Crippen molar-refractivity contribution in [2.75, 3.05) is 26.9 Å². The molecule has 0 aliphatic rings. The fourth-order valence-electron chi connectivity index (χ4n) is 0.944. The first-order valence-corrected chi connectivity index (χ1v) is 6.74. The van der Waals surface area contributed by atoms with Crippen molar-refractivity contribution in [2.24, 2.45) is 0 Å². The Morgan fingerprint density at radius 2 is 1.35 bits per heavy atom. The molecule has 122 valence electrons. The first kappa shape index (κ1) is 23.9. The second kappa shape index (κ2) is 15.9. The number of rotatable bonds is 7. The number of carbonyl (C=O) groups is 2. The van der Waals surface area contributed by atoms with Gasteiger partial charge in [0.25, 0.3) is 0 Å². The molecule has 0 aliphatic heterocycles. The molecule has 0 heterocycles. The molecule has 0 spiro atoms. The normalized spacial score (nSPS) is 9.40. The summed E-state index contributed by atoms with van der Waals surface area (Å²) in [5.41, 5.74) is -1.45. The maximum absolute atomic E-state index is 11.3. The van der Waals surface area contributed by atoms with Crippen molar-refractivity contribution in [3.8, 4) is 0 Å². The van der Waals surface area contributed by atoms with Crippen LogP contribution in [0.4, 0.5) is 0 Å². The molecule has 0 rings (SSSR count). The van der Waals surface area contributed by atoms with E-state index in [0.29, 0.717) is 0 Å². The standard InChI is InChI=1S/C9H17NO6.2C2H6/c1-16-8(15)3-2-7(14)10-9(4-11,5-12)6-13;2*1-2/h11-13H,2-6H2,1H3,(H,10,14);2*1-2H3. The minimum absolute atomic E-state index is 0.0965. The van der Waals surface area contributed by atoms with Crippen LogP contribution in [-0.4, -0.2) is 59.7 Å². The smallest absolute Gasteiger partial charge is 0.306 e. The third-order valence-corrected chi connectivity index (χ3v) is 2.10. The molecule has 20 heavy (non-hydrogen) atoms. The van der Waals surface area contributed by atoms with Gasteiger partial charge in [-0.1, -0.05) is 27.7 Å². The van der Waals surface area contributed by atoms with E-state index in [1.807, 2.05) is 27.7 Å². The Kier molecular flexibility index (Phi) is 19.0. The van der Waals surface area contributed by atoms with Crippen LogP contribution in [0.15, 0.2) is 0 Å². The van der Waals surface area contributed by atoms with E-state index in [1.165, 1.54) is 7.11 Å². The summed E-state index contributed by atoms with van der Waals surface area (Å²) in [6.07, 6.45) is -0.227. The van der Waals surface area contributed by atoms with Gasteiger partial charge in [0, 0.05) is 6.42 Å². The number of ether oxygens (including phenoxy) is 1. The molecule has 0 atom stereocenters. The molecule has 1 amide bonds. The highest BCUT2D eigenvalue weighted by Gasteiger charge is 2.29. The maximum atomic E-state index is 11.3. The lowest BCUT2D eigenvalue weighted by atomic mass is 10.0. The van der Waals surface area contributed by atoms with Gasteiger partial charge in [-0.25, -0.2) is 0 Å². The zero-order valence-electron chi connectivity index (χ0n) is 13.1. The van der Waals surface area contributed by atoms with Gasteiger partial charge in [0.15, 0.2) is 0 Å². The second-order valence-corrected chi connectivity index (χ2v) is 3.38. The number of aliphatic hydroxyl groups excluding tert-OH is 3. The Labute approximate surface area is 120 Å². The van der Waals surface area contributed by atoms with Crippen molar-refractivity contribution in [3.05, 3.63) is 0 Å². The third kappa shape index (κ3) is 10.7. The van der Waals surface area contributed by atoms with Crippen molar-refractivity contribution in [1.82, 2.24) is 5.32 Å². The van der Waals surface area contributed by atoms with Crippen LogP contribution in [-0.2, 0) is 14.3 Å². The Morgan fingerprint density at radius 1 is 0.950 bits per heavy atom. The highest BCUT2D eigenvalue weighted by atomic mass is 16.5. The van der Waals surface area contributed by atoms with E-state index in [9.17, 15) is 9.59 Å². The number of hydrogen-bond donors (Lipinski definition) is 4. The zero-order valence-corrected chi connectivity index (χ0v) is 13.1. The van der Waals surface area contributed by atoms with Gasteiger partial charge in [-0.2, -0.15) is 0 Å². The zero-order chi connectivity index (χ0) is 16.6. The molecule has 0 aliphatic carbocycles. The van der Waals surface area contributed by atoms with E-state index in [4.69, 9.17) is 15.3 Å². The molecular formula is C13H29NO6. The van der Waals surface area contributed by atoms with Crippen LogP contribution in [0.1, 0.15) is 40.5 Å². The number of esters is 1. The lowest BCUT2D eigenvalue weighted by Crippen LogP contribution is -2.57. The van der Waals surface area contributed by atoms with Crippen LogP contribution in [0.2, 0.25) is 0 Å². The molecule has 4 N–H and O–H groups in total. The molecule has 0 aromatic carbocycles. The van der Waals surface area contributed by atoms with E-state index in [1.54, 1.807) is 0 Å². The summed E-state index contributed by atoms with van der Waals surface area (Å²) in [4.78, 5) is 22.0. The van der Waals surface area contributed by atoms with Crippen LogP contribution >= 0.6 is 0 Å². The molecule has 0 bridgehead atoms. The average molecular weight is 295 g/mol. The summed E-state index contributed by atoms with van der Waals surface area (Å²) in [6, 6.07) is 0. The highest BCUT2D eigenvalue weighted by molar-refractivity contribution is 5.81. The number of hydrogen-bond acceptors (Lipinski definition) is 6. The van der Waals surface area contributed by atoms with Crippen LogP contribution in [0.3, 0.4) is 0 Å². The molecule has 0 radical (unpaired) electrons. The van der Waals surface area contributed by atoms with Gasteiger partial charge in [-0.15, -0.1) is 0 Å². The Balaban J connectivity index is -0.000000656. The largest absolute Gasteiger partial charge is 0.469 e. The van der Waals surface area contributed by atoms with E-state index >= 15 is 0 Å². The summed E-state index contributed by atoms with van der Waals surface area (Å²) < 4.78 is 4.34. The van der Waals surface area contributed by atoms with E-state index < -0.39 is 37.2 Å². The van der Waals surface area contributed by atoms with Gasteiger partial charge >= 0.3 is 5.97 Å². The van der Waals surface area contributed by atoms with Gasteiger partial charge in [0.2, 0.25) is 5.91 Å². The summed E-state index contributed by atoms with van der Waals surface area (Å²) in [5.74, 6) is -1.08. The van der Waals surface area contributed by atoms with Crippen LogP contribution in [0, 0.1) is 0 Å². The van der Waals surface area contributed by atoms with Crippen LogP contribution < -0.4 is 5.32 Å². The number of methoxy groups -OCH3 is 1. The van der Waals surface area contributed by atoms with Gasteiger partial charge in [-0.05, 0) is 0 Å². The lowest BCUT2D eigenvalue weighted by Gasteiger charge is -2.28. The number of aliphatic hydroxyl groups is 3. The van der Waals surface area contributed by atoms with E-state index in [2.05, 4.69) is 10.1 Å². The molecule has 0 fully saturated rings. The van der Waals surface area contributed by atoms with Crippen molar-refractivity contribution >= 4 is 11.9 Å². The number of nitrogens with one attached hydrogen (secondary N) is 1. The molecule has 0 aromatic heterocycles. The predicted molar refractivity (Wildman–Crippen MR) is 76.1 cm³/mol. The van der Waals surface area contributed by atoms with Crippen LogP contribution in [0.5, 0.6) is 0 Å². The van der Waals surface area contributed by atoms with Crippen molar-refractivity contribution < 1.29 is 29.6 Å². The minimum Gasteiger partial charge on any atom is -0.469 e.